The van der Waals surface area contributed by atoms with Crippen LogP contribution >= 0.6 is 22.9 Å². The number of hydrogen-bond acceptors (Lipinski definition) is 5. The molecule has 1 aliphatic heterocycles. The SMILES string of the molecule is CN1CCC(NC(=O)/C=C/c2ccc(-c3cc(Cl)c4cnccc4n3)s2)CC1. The fourth-order valence-corrected chi connectivity index (χ4v) is 4.42. The Hall–Kier alpha value is -2.28. The van der Waals surface area contributed by atoms with Crippen LogP contribution in [0.2, 0.25) is 5.02 Å². The first-order chi connectivity index (χ1) is 13.6. The van der Waals surface area contributed by atoms with E-state index in [1.54, 1.807) is 29.8 Å². The van der Waals surface area contributed by atoms with Gasteiger partial charge >= 0.3 is 0 Å². The van der Waals surface area contributed by atoms with Crippen molar-refractivity contribution in [3.8, 4) is 10.6 Å². The molecule has 1 amide bonds. The van der Waals surface area contributed by atoms with Crippen LogP contribution in [0.25, 0.3) is 27.6 Å². The maximum absolute atomic E-state index is 12.2. The number of pyridine rings is 2. The summed E-state index contributed by atoms with van der Waals surface area (Å²) >= 11 is 7.96. The summed E-state index contributed by atoms with van der Waals surface area (Å²) in [6.07, 6.45) is 8.90. The van der Waals surface area contributed by atoms with Gasteiger partial charge in [-0.15, -0.1) is 11.3 Å². The number of amides is 1. The van der Waals surface area contributed by atoms with E-state index in [9.17, 15) is 4.79 Å². The molecule has 1 aliphatic rings. The molecule has 3 aromatic rings. The second-order valence-electron chi connectivity index (χ2n) is 7.00. The third-order valence-electron chi connectivity index (χ3n) is 4.90. The van der Waals surface area contributed by atoms with E-state index in [1.807, 2.05) is 30.3 Å². The van der Waals surface area contributed by atoms with Crippen LogP contribution in [-0.4, -0.2) is 47.0 Å². The van der Waals surface area contributed by atoms with E-state index in [4.69, 9.17) is 11.6 Å². The normalized spacial score (nSPS) is 16.1. The lowest BCUT2D eigenvalue weighted by molar-refractivity contribution is -0.117. The van der Waals surface area contributed by atoms with Crippen LogP contribution in [0.3, 0.4) is 0 Å². The number of rotatable bonds is 4. The molecular formula is C21H21ClN4OS. The monoisotopic (exact) mass is 412 g/mol. The molecule has 0 aromatic carbocycles. The van der Waals surface area contributed by atoms with Crippen LogP contribution in [-0.2, 0) is 4.79 Å². The molecule has 4 heterocycles. The molecule has 3 aromatic heterocycles. The zero-order valence-corrected chi connectivity index (χ0v) is 17.1. The highest BCUT2D eigenvalue weighted by Crippen LogP contribution is 2.32. The molecule has 4 rings (SSSR count). The number of carbonyl (C=O) groups is 1. The summed E-state index contributed by atoms with van der Waals surface area (Å²) in [5.74, 6) is -0.0381. The molecule has 0 saturated carbocycles. The van der Waals surface area contributed by atoms with E-state index in [0.717, 1.165) is 52.3 Å². The number of fused-ring (bicyclic) bond motifs is 1. The molecule has 0 unspecified atom stereocenters. The van der Waals surface area contributed by atoms with Crippen molar-refractivity contribution in [1.29, 1.82) is 0 Å². The van der Waals surface area contributed by atoms with Gasteiger partial charge < -0.3 is 10.2 Å². The Kier molecular flexibility index (Phi) is 5.71. The maximum Gasteiger partial charge on any atom is 0.244 e. The zero-order valence-electron chi connectivity index (χ0n) is 15.6. The summed E-state index contributed by atoms with van der Waals surface area (Å²) in [6, 6.07) is 7.98. The molecule has 1 saturated heterocycles. The Morgan fingerprint density at radius 2 is 2.14 bits per heavy atom. The smallest absolute Gasteiger partial charge is 0.244 e. The topological polar surface area (TPSA) is 58.1 Å². The number of piperidine rings is 1. The third-order valence-corrected chi connectivity index (χ3v) is 6.29. The lowest BCUT2D eigenvalue weighted by Crippen LogP contribution is -2.42. The lowest BCUT2D eigenvalue weighted by Gasteiger charge is -2.29. The van der Waals surface area contributed by atoms with Crippen molar-refractivity contribution >= 4 is 45.8 Å². The molecule has 0 atom stereocenters. The molecular weight excluding hydrogens is 392 g/mol. The average molecular weight is 413 g/mol. The van der Waals surface area contributed by atoms with Gasteiger partial charge in [0.05, 0.1) is 21.1 Å². The van der Waals surface area contributed by atoms with Gasteiger partial charge in [-0.2, -0.15) is 0 Å². The Bertz CT molecular complexity index is 1020. The Labute approximate surface area is 173 Å². The highest BCUT2D eigenvalue weighted by atomic mass is 35.5. The van der Waals surface area contributed by atoms with Crippen molar-refractivity contribution in [2.45, 2.75) is 18.9 Å². The Morgan fingerprint density at radius 3 is 2.96 bits per heavy atom. The summed E-state index contributed by atoms with van der Waals surface area (Å²) in [4.78, 5) is 25.3. The first-order valence-electron chi connectivity index (χ1n) is 9.26. The molecule has 0 radical (unpaired) electrons. The highest BCUT2D eigenvalue weighted by Gasteiger charge is 2.17. The van der Waals surface area contributed by atoms with Gasteiger partial charge in [0.15, 0.2) is 0 Å². The number of halogens is 1. The van der Waals surface area contributed by atoms with Crippen molar-refractivity contribution < 1.29 is 4.79 Å². The summed E-state index contributed by atoms with van der Waals surface area (Å²) in [7, 11) is 2.11. The standard InChI is InChI=1S/C21H21ClN4OS/c1-26-10-7-14(8-11-26)24-21(27)5-3-15-2-4-20(28-15)19-12-17(22)16-13-23-9-6-18(16)25-19/h2-6,9,12-14H,7-8,10-11H2,1H3,(H,24,27)/b5-3+. The fraction of sp³-hybridized carbons (Fsp3) is 0.286. The van der Waals surface area contributed by atoms with Crippen LogP contribution in [0, 0.1) is 0 Å². The zero-order chi connectivity index (χ0) is 19.5. The van der Waals surface area contributed by atoms with E-state index in [1.165, 1.54) is 0 Å². The van der Waals surface area contributed by atoms with Gasteiger partial charge in [-0.25, -0.2) is 4.98 Å². The Balaban J connectivity index is 1.44. The fourth-order valence-electron chi connectivity index (χ4n) is 3.29. The van der Waals surface area contributed by atoms with Crippen molar-refractivity contribution in [3.63, 3.8) is 0 Å². The summed E-state index contributed by atoms with van der Waals surface area (Å²) in [5, 5.41) is 4.57. The maximum atomic E-state index is 12.2. The van der Waals surface area contributed by atoms with E-state index in [2.05, 4.69) is 27.2 Å². The number of likely N-dealkylation sites (tertiary alicyclic amines) is 1. The van der Waals surface area contributed by atoms with Gasteiger partial charge in [0.2, 0.25) is 5.91 Å². The molecule has 0 bridgehead atoms. The van der Waals surface area contributed by atoms with Gasteiger partial charge in [-0.1, -0.05) is 11.6 Å². The predicted octanol–water partition coefficient (Wildman–Crippen LogP) is 4.24. The summed E-state index contributed by atoms with van der Waals surface area (Å²) < 4.78 is 0. The first kappa shape index (κ1) is 19.1. The predicted molar refractivity (Wildman–Crippen MR) is 116 cm³/mol. The minimum Gasteiger partial charge on any atom is -0.350 e. The second-order valence-corrected chi connectivity index (χ2v) is 8.53. The van der Waals surface area contributed by atoms with Crippen LogP contribution < -0.4 is 5.32 Å². The average Bonchev–Trinajstić information content (AvgIpc) is 3.17. The van der Waals surface area contributed by atoms with E-state index in [0.29, 0.717) is 5.02 Å². The summed E-state index contributed by atoms with van der Waals surface area (Å²) in [6.45, 7) is 2.06. The quantitative estimate of drug-likeness (QED) is 0.651. The van der Waals surface area contributed by atoms with Crippen LogP contribution in [0.4, 0.5) is 0 Å². The first-order valence-corrected chi connectivity index (χ1v) is 10.5. The number of nitrogens with zero attached hydrogens (tertiary/aromatic N) is 3. The second kappa shape index (κ2) is 8.39. The number of thiophene rings is 1. The number of nitrogens with one attached hydrogen (secondary N) is 1. The van der Waals surface area contributed by atoms with Gasteiger partial charge in [-0.05, 0) is 63.3 Å². The van der Waals surface area contributed by atoms with Crippen LogP contribution in [0.5, 0.6) is 0 Å². The molecule has 0 spiro atoms. The van der Waals surface area contributed by atoms with Gasteiger partial charge in [0.25, 0.3) is 0 Å². The minimum atomic E-state index is -0.0381. The molecule has 1 N–H and O–H groups in total. The Morgan fingerprint density at radius 1 is 1.32 bits per heavy atom. The van der Waals surface area contributed by atoms with E-state index >= 15 is 0 Å². The van der Waals surface area contributed by atoms with E-state index < -0.39 is 0 Å². The molecule has 1 fully saturated rings. The van der Waals surface area contributed by atoms with Crippen molar-refractivity contribution in [2.24, 2.45) is 0 Å². The third kappa shape index (κ3) is 4.41. The lowest BCUT2D eigenvalue weighted by atomic mass is 10.1. The molecule has 7 heteroatoms. The number of aromatic nitrogens is 2. The van der Waals surface area contributed by atoms with Gasteiger partial charge in [-0.3, -0.25) is 9.78 Å². The molecule has 5 nitrogen and oxygen atoms in total. The molecule has 144 valence electrons. The molecule has 0 aliphatic carbocycles. The minimum absolute atomic E-state index is 0.0381. The summed E-state index contributed by atoms with van der Waals surface area (Å²) in [5.41, 5.74) is 1.64. The number of hydrogen-bond donors (Lipinski definition) is 1. The number of carbonyl (C=O) groups excluding carboxylic acids is 1. The highest BCUT2D eigenvalue weighted by molar-refractivity contribution is 7.16. The largest absolute Gasteiger partial charge is 0.350 e. The molecule has 28 heavy (non-hydrogen) atoms. The van der Waals surface area contributed by atoms with Gasteiger partial charge in [0, 0.05) is 34.8 Å². The van der Waals surface area contributed by atoms with E-state index in [-0.39, 0.29) is 11.9 Å². The van der Waals surface area contributed by atoms with Crippen molar-refractivity contribution in [3.05, 3.63) is 52.6 Å². The van der Waals surface area contributed by atoms with Gasteiger partial charge in [0.1, 0.15) is 0 Å². The van der Waals surface area contributed by atoms with Crippen LogP contribution in [0.15, 0.2) is 42.7 Å². The van der Waals surface area contributed by atoms with Crippen LogP contribution in [0.1, 0.15) is 17.7 Å². The van der Waals surface area contributed by atoms with Crippen molar-refractivity contribution in [1.82, 2.24) is 20.2 Å². The van der Waals surface area contributed by atoms with Crippen molar-refractivity contribution in [2.75, 3.05) is 20.1 Å².